The van der Waals surface area contributed by atoms with E-state index in [4.69, 9.17) is 16.3 Å². The number of rotatable bonds is 5. The maximum Gasteiger partial charge on any atom is 0.124 e. The van der Waals surface area contributed by atoms with E-state index in [9.17, 15) is 0 Å². The van der Waals surface area contributed by atoms with Crippen LogP contribution in [0, 0.1) is 12.8 Å². The van der Waals surface area contributed by atoms with Gasteiger partial charge in [-0.3, -0.25) is 0 Å². The number of nitrogens with one attached hydrogen (secondary N) is 1. The lowest BCUT2D eigenvalue weighted by atomic mass is 9.98. The Bertz CT molecular complexity index is 413. The third-order valence-corrected chi connectivity index (χ3v) is 3.93. The summed E-state index contributed by atoms with van der Waals surface area (Å²) in [4.78, 5) is 0. The zero-order valence-electron chi connectivity index (χ0n) is 10.8. The van der Waals surface area contributed by atoms with Gasteiger partial charge in [0.25, 0.3) is 0 Å². The molecule has 2 rings (SSSR count). The Kier molecular flexibility index (Phi) is 4.67. The molecule has 1 N–H and O–H groups in total. The van der Waals surface area contributed by atoms with Crippen LogP contribution < -0.4 is 10.1 Å². The number of hydrogen-bond acceptors (Lipinski definition) is 2. The SMILES string of the molecule is C=CC[C@H](Oc1cccc(Cl)c1C)C1CCNC1. The highest BCUT2D eigenvalue weighted by Crippen LogP contribution is 2.29. The first-order chi connectivity index (χ1) is 8.72. The summed E-state index contributed by atoms with van der Waals surface area (Å²) in [5.74, 6) is 1.45. The van der Waals surface area contributed by atoms with Gasteiger partial charge in [0.2, 0.25) is 0 Å². The van der Waals surface area contributed by atoms with Crippen LogP contribution in [0.25, 0.3) is 0 Å². The lowest BCUT2D eigenvalue weighted by Crippen LogP contribution is -2.28. The first-order valence-electron chi connectivity index (χ1n) is 6.45. The van der Waals surface area contributed by atoms with Crippen molar-refractivity contribution in [2.24, 2.45) is 5.92 Å². The molecule has 3 heteroatoms. The smallest absolute Gasteiger partial charge is 0.124 e. The Hall–Kier alpha value is -0.990. The lowest BCUT2D eigenvalue weighted by Gasteiger charge is -2.24. The normalized spacial score (nSPS) is 20.7. The van der Waals surface area contributed by atoms with Crippen molar-refractivity contribution in [1.29, 1.82) is 0 Å². The van der Waals surface area contributed by atoms with Crippen LogP contribution in [0.4, 0.5) is 0 Å². The van der Waals surface area contributed by atoms with Gasteiger partial charge in [-0.05, 0) is 32.0 Å². The van der Waals surface area contributed by atoms with Gasteiger partial charge in [0.1, 0.15) is 11.9 Å². The van der Waals surface area contributed by atoms with E-state index in [0.29, 0.717) is 5.92 Å². The van der Waals surface area contributed by atoms with Gasteiger partial charge < -0.3 is 10.1 Å². The van der Waals surface area contributed by atoms with E-state index in [1.165, 1.54) is 0 Å². The summed E-state index contributed by atoms with van der Waals surface area (Å²) in [6.45, 7) is 7.93. The second-order valence-corrected chi connectivity index (χ2v) is 5.20. The second kappa shape index (κ2) is 6.26. The monoisotopic (exact) mass is 265 g/mol. The molecule has 18 heavy (non-hydrogen) atoms. The molecule has 0 radical (unpaired) electrons. The number of halogens is 1. The van der Waals surface area contributed by atoms with Crippen molar-refractivity contribution >= 4 is 11.6 Å². The van der Waals surface area contributed by atoms with Crippen molar-refractivity contribution in [2.75, 3.05) is 13.1 Å². The van der Waals surface area contributed by atoms with Crippen molar-refractivity contribution in [1.82, 2.24) is 5.32 Å². The van der Waals surface area contributed by atoms with E-state index in [1.807, 2.05) is 31.2 Å². The summed E-state index contributed by atoms with van der Waals surface area (Å²) in [5, 5.41) is 4.14. The molecule has 2 atom stereocenters. The number of ether oxygens (including phenoxy) is 1. The Morgan fingerprint density at radius 1 is 1.61 bits per heavy atom. The summed E-state index contributed by atoms with van der Waals surface area (Å²) >= 11 is 6.12. The third kappa shape index (κ3) is 3.06. The first-order valence-corrected chi connectivity index (χ1v) is 6.83. The van der Waals surface area contributed by atoms with Crippen LogP contribution >= 0.6 is 11.6 Å². The highest BCUT2D eigenvalue weighted by Gasteiger charge is 2.26. The van der Waals surface area contributed by atoms with Crippen LogP contribution in [0.15, 0.2) is 30.9 Å². The molecule has 0 amide bonds. The van der Waals surface area contributed by atoms with Gasteiger partial charge in [0, 0.05) is 29.5 Å². The first kappa shape index (κ1) is 13.4. The minimum absolute atomic E-state index is 0.190. The third-order valence-electron chi connectivity index (χ3n) is 3.52. The zero-order chi connectivity index (χ0) is 13.0. The minimum Gasteiger partial charge on any atom is -0.489 e. The molecule has 1 aliphatic heterocycles. The molecule has 0 aliphatic carbocycles. The predicted molar refractivity (Wildman–Crippen MR) is 76.4 cm³/mol. The Labute approximate surface area is 114 Å². The maximum atomic E-state index is 6.15. The summed E-state index contributed by atoms with van der Waals surface area (Å²) in [6, 6.07) is 5.81. The van der Waals surface area contributed by atoms with Crippen LogP contribution in [0.1, 0.15) is 18.4 Å². The van der Waals surface area contributed by atoms with E-state index < -0.39 is 0 Å². The fourth-order valence-electron chi connectivity index (χ4n) is 2.37. The average Bonchev–Trinajstić information content (AvgIpc) is 2.88. The summed E-state index contributed by atoms with van der Waals surface area (Å²) in [6.07, 6.45) is 4.16. The molecule has 1 saturated heterocycles. The van der Waals surface area contributed by atoms with Crippen molar-refractivity contribution in [2.45, 2.75) is 25.9 Å². The number of benzene rings is 1. The minimum atomic E-state index is 0.190. The Balaban J connectivity index is 2.12. The van der Waals surface area contributed by atoms with Crippen LogP contribution in [0.2, 0.25) is 5.02 Å². The van der Waals surface area contributed by atoms with Gasteiger partial charge >= 0.3 is 0 Å². The van der Waals surface area contributed by atoms with Crippen molar-refractivity contribution < 1.29 is 4.74 Å². The topological polar surface area (TPSA) is 21.3 Å². The molecule has 1 unspecified atom stereocenters. The Morgan fingerprint density at radius 2 is 2.44 bits per heavy atom. The molecule has 1 heterocycles. The summed E-state index contributed by atoms with van der Waals surface area (Å²) in [7, 11) is 0. The highest BCUT2D eigenvalue weighted by molar-refractivity contribution is 6.31. The number of hydrogen-bond donors (Lipinski definition) is 1. The molecule has 2 nitrogen and oxygen atoms in total. The standard InChI is InChI=1S/C15H20ClNO/c1-3-5-15(12-8-9-17-10-12)18-14-7-4-6-13(16)11(14)2/h3-4,6-7,12,15,17H,1,5,8-10H2,2H3/t12?,15-/m0/s1. The second-order valence-electron chi connectivity index (χ2n) is 4.80. The van der Waals surface area contributed by atoms with Crippen molar-refractivity contribution in [3.8, 4) is 5.75 Å². The van der Waals surface area contributed by atoms with Gasteiger partial charge in [0.15, 0.2) is 0 Å². The van der Waals surface area contributed by atoms with E-state index in [1.54, 1.807) is 0 Å². The zero-order valence-corrected chi connectivity index (χ0v) is 11.5. The molecule has 1 aliphatic rings. The van der Waals surface area contributed by atoms with Crippen molar-refractivity contribution in [3.63, 3.8) is 0 Å². The van der Waals surface area contributed by atoms with Gasteiger partial charge in [0.05, 0.1) is 0 Å². The van der Waals surface area contributed by atoms with E-state index in [0.717, 1.165) is 42.3 Å². The molecular weight excluding hydrogens is 246 g/mol. The molecule has 98 valence electrons. The predicted octanol–water partition coefficient (Wildman–Crippen LogP) is 3.58. The van der Waals surface area contributed by atoms with Crippen LogP contribution in [0.3, 0.4) is 0 Å². The molecule has 0 spiro atoms. The summed E-state index contributed by atoms with van der Waals surface area (Å²) < 4.78 is 6.15. The quantitative estimate of drug-likeness (QED) is 0.822. The van der Waals surface area contributed by atoms with Crippen LogP contribution in [0.5, 0.6) is 5.75 Å². The maximum absolute atomic E-state index is 6.15. The molecular formula is C15H20ClNO. The van der Waals surface area contributed by atoms with Crippen LogP contribution in [-0.4, -0.2) is 19.2 Å². The van der Waals surface area contributed by atoms with E-state index >= 15 is 0 Å². The lowest BCUT2D eigenvalue weighted by molar-refractivity contribution is 0.144. The summed E-state index contributed by atoms with van der Waals surface area (Å²) in [5.41, 5.74) is 1.01. The van der Waals surface area contributed by atoms with Crippen LogP contribution in [-0.2, 0) is 0 Å². The van der Waals surface area contributed by atoms with E-state index in [-0.39, 0.29) is 6.10 Å². The molecule has 1 fully saturated rings. The molecule has 1 aromatic rings. The molecule has 1 aromatic carbocycles. The fraction of sp³-hybridized carbons (Fsp3) is 0.467. The van der Waals surface area contributed by atoms with Gasteiger partial charge in [-0.1, -0.05) is 23.7 Å². The average molecular weight is 266 g/mol. The molecule has 0 aromatic heterocycles. The van der Waals surface area contributed by atoms with Gasteiger partial charge in [-0.25, -0.2) is 0 Å². The van der Waals surface area contributed by atoms with Gasteiger partial charge in [-0.2, -0.15) is 0 Å². The van der Waals surface area contributed by atoms with Crippen molar-refractivity contribution in [3.05, 3.63) is 41.4 Å². The molecule has 0 bridgehead atoms. The Morgan fingerprint density at radius 3 is 3.11 bits per heavy atom. The van der Waals surface area contributed by atoms with E-state index in [2.05, 4.69) is 11.9 Å². The van der Waals surface area contributed by atoms with Gasteiger partial charge in [-0.15, -0.1) is 6.58 Å². The molecule has 0 saturated carbocycles. The highest BCUT2D eigenvalue weighted by atomic mass is 35.5. The fourth-order valence-corrected chi connectivity index (χ4v) is 2.54. The largest absolute Gasteiger partial charge is 0.489 e.